The van der Waals surface area contributed by atoms with Crippen LogP contribution in [0, 0.1) is 25.2 Å². The van der Waals surface area contributed by atoms with Crippen molar-refractivity contribution in [1.82, 2.24) is 10.2 Å². The van der Waals surface area contributed by atoms with Gasteiger partial charge in [-0.15, -0.1) is 0 Å². The first-order valence-corrected chi connectivity index (χ1v) is 8.57. The van der Waals surface area contributed by atoms with Crippen molar-refractivity contribution in [3.8, 4) is 5.75 Å². The third kappa shape index (κ3) is 3.09. The Bertz CT molecular complexity index is 582. The van der Waals surface area contributed by atoms with Crippen LogP contribution in [-0.2, 0) is 11.3 Å². The van der Waals surface area contributed by atoms with Gasteiger partial charge in [0.2, 0.25) is 5.91 Å². The second kappa shape index (κ2) is 6.16. The van der Waals surface area contributed by atoms with Crippen LogP contribution in [0.1, 0.15) is 36.0 Å². The molecule has 1 saturated heterocycles. The Kier molecular flexibility index (Phi) is 4.37. The molecule has 1 aliphatic carbocycles. The van der Waals surface area contributed by atoms with Gasteiger partial charge in [-0.2, -0.15) is 0 Å². The van der Waals surface area contributed by atoms with Crippen molar-refractivity contribution >= 4 is 5.91 Å². The van der Waals surface area contributed by atoms with E-state index in [-0.39, 0.29) is 5.92 Å². The number of ether oxygens (including phenoxy) is 1. The van der Waals surface area contributed by atoms with Crippen molar-refractivity contribution in [2.24, 2.45) is 11.3 Å². The highest BCUT2D eigenvalue weighted by atomic mass is 16.5. The number of nitrogens with zero attached hydrogens (tertiary/aromatic N) is 1. The average Bonchev–Trinajstić information content (AvgIpc) is 3.20. The van der Waals surface area contributed by atoms with E-state index in [4.69, 9.17) is 4.74 Å². The molecule has 1 aliphatic heterocycles. The SMILES string of the molecule is COc1c(C)cc(CN(C)C(=O)C2CC23CCNCC3)cc1C. The van der Waals surface area contributed by atoms with E-state index in [2.05, 4.69) is 31.3 Å². The molecule has 23 heavy (non-hydrogen) atoms. The standard InChI is InChI=1S/C19H28N2O2/c1-13-9-15(10-14(2)17(13)23-4)12-21(3)18(22)16-11-19(16)5-7-20-8-6-19/h9-10,16,20H,5-8,11-12H2,1-4H3. The molecular formula is C19H28N2O2. The molecule has 1 amide bonds. The summed E-state index contributed by atoms with van der Waals surface area (Å²) >= 11 is 0. The summed E-state index contributed by atoms with van der Waals surface area (Å²) in [6.07, 6.45) is 3.38. The van der Waals surface area contributed by atoms with Gasteiger partial charge >= 0.3 is 0 Å². The Balaban J connectivity index is 1.65. The topological polar surface area (TPSA) is 41.6 Å². The smallest absolute Gasteiger partial charge is 0.226 e. The molecule has 1 heterocycles. The lowest BCUT2D eigenvalue weighted by Gasteiger charge is -2.25. The van der Waals surface area contributed by atoms with Crippen LogP contribution in [0.15, 0.2) is 12.1 Å². The number of nitrogens with one attached hydrogen (secondary N) is 1. The first-order chi connectivity index (χ1) is 11.0. The predicted octanol–water partition coefficient (Wildman–Crippen LogP) is 2.66. The van der Waals surface area contributed by atoms with Crippen LogP contribution in [-0.4, -0.2) is 38.1 Å². The Morgan fingerprint density at radius 3 is 2.48 bits per heavy atom. The van der Waals surface area contributed by atoms with E-state index in [0.29, 0.717) is 17.9 Å². The number of methoxy groups -OCH3 is 1. The van der Waals surface area contributed by atoms with Gasteiger partial charge in [0, 0.05) is 19.5 Å². The van der Waals surface area contributed by atoms with E-state index in [0.717, 1.165) is 49.2 Å². The van der Waals surface area contributed by atoms with Gasteiger partial charge in [-0.1, -0.05) is 12.1 Å². The summed E-state index contributed by atoms with van der Waals surface area (Å²) in [5.41, 5.74) is 3.74. The van der Waals surface area contributed by atoms with Crippen LogP contribution in [0.2, 0.25) is 0 Å². The highest BCUT2D eigenvalue weighted by molar-refractivity contribution is 5.82. The quantitative estimate of drug-likeness (QED) is 0.928. The van der Waals surface area contributed by atoms with Gasteiger partial charge in [-0.25, -0.2) is 0 Å². The third-order valence-electron chi connectivity index (χ3n) is 5.61. The summed E-state index contributed by atoms with van der Waals surface area (Å²) in [4.78, 5) is 14.7. The number of hydrogen-bond acceptors (Lipinski definition) is 3. The first kappa shape index (κ1) is 16.3. The Morgan fingerprint density at radius 2 is 1.91 bits per heavy atom. The third-order valence-corrected chi connectivity index (χ3v) is 5.61. The molecule has 2 fully saturated rings. The van der Waals surface area contributed by atoms with E-state index in [9.17, 15) is 4.79 Å². The maximum atomic E-state index is 12.8. The summed E-state index contributed by atoms with van der Waals surface area (Å²) in [5, 5.41) is 3.40. The van der Waals surface area contributed by atoms with Gasteiger partial charge in [0.1, 0.15) is 5.75 Å². The van der Waals surface area contributed by atoms with E-state index in [1.165, 1.54) is 5.56 Å². The number of carbonyl (C=O) groups is 1. The van der Waals surface area contributed by atoms with Crippen LogP contribution < -0.4 is 10.1 Å². The zero-order valence-corrected chi connectivity index (χ0v) is 14.7. The summed E-state index contributed by atoms with van der Waals surface area (Å²) < 4.78 is 5.42. The van der Waals surface area contributed by atoms with Crippen LogP contribution in [0.4, 0.5) is 0 Å². The molecule has 1 atom stereocenters. The van der Waals surface area contributed by atoms with E-state index in [1.54, 1.807) is 7.11 Å². The molecule has 0 aromatic heterocycles. The minimum Gasteiger partial charge on any atom is -0.496 e. The van der Waals surface area contributed by atoms with E-state index >= 15 is 0 Å². The molecule has 1 saturated carbocycles. The van der Waals surface area contributed by atoms with Gasteiger partial charge in [-0.3, -0.25) is 4.79 Å². The van der Waals surface area contributed by atoms with Crippen molar-refractivity contribution in [3.63, 3.8) is 0 Å². The van der Waals surface area contributed by atoms with Crippen molar-refractivity contribution in [2.75, 3.05) is 27.2 Å². The van der Waals surface area contributed by atoms with Crippen molar-refractivity contribution in [3.05, 3.63) is 28.8 Å². The van der Waals surface area contributed by atoms with Crippen LogP contribution >= 0.6 is 0 Å². The molecule has 1 spiro atoms. The molecule has 3 rings (SSSR count). The Hall–Kier alpha value is -1.55. The van der Waals surface area contributed by atoms with Gasteiger partial charge in [0.05, 0.1) is 7.11 Å². The predicted molar refractivity (Wildman–Crippen MR) is 91.6 cm³/mol. The molecule has 126 valence electrons. The second-order valence-electron chi connectivity index (χ2n) is 7.33. The molecule has 4 nitrogen and oxygen atoms in total. The molecule has 1 unspecified atom stereocenters. The minimum atomic E-state index is 0.245. The number of carbonyl (C=O) groups excluding carboxylic acids is 1. The first-order valence-electron chi connectivity index (χ1n) is 8.57. The molecule has 2 aliphatic rings. The van der Waals surface area contributed by atoms with Gasteiger partial charge in [-0.05, 0) is 68.3 Å². The molecule has 1 aromatic carbocycles. The van der Waals surface area contributed by atoms with E-state index < -0.39 is 0 Å². The molecule has 4 heteroatoms. The number of rotatable bonds is 4. The Labute approximate surface area is 139 Å². The molecule has 0 radical (unpaired) electrons. The molecule has 1 aromatic rings. The normalized spacial score (nSPS) is 22.0. The lowest BCUT2D eigenvalue weighted by Crippen LogP contribution is -2.34. The highest BCUT2D eigenvalue weighted by Gasteiger charge is 2.58. The lowest BCUT2D eigenvalue weighted by atomic mass is 9.91. The minimum absolute atomic E-state index is 0.245. The Morgan fingerprint density at radius 1 is 1.30 bits per heavy atom. The average molecular weight is 316 g/mol. The molecule has 0 bridgehead atoms. The summed E-state index contributed by atoms with van der Waals surface area (Å²) in [5.74, 6) is 1.51. The zero-order chi connectivity index (χ0) is 16.6. The van der Waals surface area contributed by atoms with Gasteiger partial charge in [0.25, 0.3) is 0 Å². The lowest BCUT2D eigenvalue weighted by molar-refractivity contribution is -0.132. The fraction of sp³-hybridized carbons (Fsp3) is 0.632. The number of piperidine rings is 1. The molecule has 1 N–H and O–H groups in total. The summed E-state index contributed by atoms with van der Waals surface area (Å²) in [6, 6.07) is 4.26. The van der Waals surface area contributed by atoms with Crippen molar-refractivity contribution < 1.29 is 9.53 Å². The van der Waals surface area contributed by atoms with Gasteiger partial charge < -0.3 is 15.0 Å². The van der Waals surface area contributed by atoms with Crippen molar-refractivity contribution in [2.45, 2.75) is 39.7 Å². The van der Waals surface area contributed by atoms with Crippen LogP contribution in [0.3, 0.4) is 0 Å². The monoisotopic (exact) mass is 316 g/mol. The number of benzene rings is 1. The zero-order valence-electron chi connectivity index (χ0n) is 14.7. The maximum Gasteiger partial charge on any atom is 0.226 e. The maximum absolute atomic E-state index is 12.8. The largest absolute Gasteiger partial charge is 0.496 e. The number of hydrogen-bond donors (Lipinski definition) is 1. The number of amides is 1. The highest BCUT2D eigenvalue weighted by Crippen LogP contribution is 2.59. The second-order valence-corrected chi connectivity index (χ2v) is 7.33. The molecular weight excluding hydrogens is 288 g/mol. The fourth-order valence-electron chi connectivity index (χ4n) is 4.25. The van der Waals surface area contributed by atoms with Crippen molar-refractivity contribution in [1.29, 1.82) is 0 Å². The summed E-state index contributed by atoms with van der Waals surface area (Å²) in [7, 11) is 3.64. The number of aryl methyl sites for hydroxylation is 2. The summed E-state index contributed by atoms with van der Waals surface area (Å²) in [6.45, 7) is 6.91. The fourth-order valence-corrected chi connectivity index (χ4v) is 4.25. The van der Waals surface area contributed by atoms with Crippen LogP contribution in [0.25, 0.3) is 0 Å². The van der Waals surface area contributed by atoms with Crippen LogP contribution in [0.5, 0.6) is 5.75 Å². The van der Waals surface area contributed by atoms with E-state index in [1.807, 2.05) is 11.9 Å². The van der Waals surface area contributed by atoms with Gasteiger partial charge in [0.15, 0.2) is 0 Å².